The molecule has 0 unspecified atom stereocenters. The van der Waals surface area contributed by atoms with Crippen molar-refractivity contribution in [1.82, 2.24) is 20.2 Å². The first kappa shape index (κ1) is 17.1. The SMILES string of the molecule is CCC(CC)CNS(=O)(=O)c1[nH]ncc1CNC(C)C. The minimum Gasteiger partial charge on any atom is -0.310 e. The van der Waals surface area contributed by atoms with Crippen LogP contribution in [0.2, 0.25) is 0 Å². The van der Waals surface area contributed by atoms with E-state index >= 15 is 0 Å². The van der Waals surface area contributed by atoms with Crippen molar-refractivity contribution in [3.63, 3.8) is 0 Å². The normalized spacial score (nSPS) is 12.5. The molecule has 1 aromatic rings. The number of nitrogens with zero attached hydrogens (tertiary/aromatic N) is 1. The zero-order valence-electron chi connectivity index (χ0n) is 12.7. The molecule has 20 heavy (non-hydrogen) atoms. The van der Waals surface area contributed by atoms with Crippen LogP contribution in [-0.4, -0.2) is 31.2 Å². The molecule has 3 N–H and O–H groups in total. The molecular weight excluding hydrogens is 276 g/mol. The third-order valence-corrected chi connectivity index (χ3v) is 4.80. The Balaban J connectivity index is 2.75. The Hall–Kier alpha value is -0.920. The van der Waals surface area contributed by atoms with E-state index in [0.29, 0.717) is 24.6 Å². The number of hydrogen-bond donors (Lipinski definition) is 3. The van der Waals surface area contributed by atoms with Crippen LogP contribution in [0.3, 0.4) is 0 Å². The molecule has 0 aliphatic carbocycles. The molecule has 0 spiro atoms. The maximum Gasteiger partial charge on any atom is 0.257 e. The Kier molecular flexibility index (Phi) is 6.64. The molecule has 7 heteroatoms. The average Bonchev–Trinajstić information content (AvgIpc) is 2.86. The number of rotatable bonds is 9. The summed E-state index contributed by atoms with van der Waals surface area (Å²) in [6, 6.07) is 0.290. The van der Waals surface area contributed by atoms with Crippen molar-refractivity contribution in [3.05, 3.63) is 11.8 Å². The highest BCUT2D eigenvalue weighted by atomic mass is 32.2. The Bertz CT molecular complexity index is 492. The molecule has 0 saturated carbocycles. The molecular formula is C13H26N4O2S. The number of hydrogen-bond acceptors (Lipinski definition) is 4. The summed E-state index contributed by atoms with van der Waals surface area (Å²) >= 11 is 0. The van der Waals surface area contributed by atoms with E-state index in [-0.39, 0.29) is 11.1 Å². The third kappa shape index (κ3) is 4.88. The first-order chi connectivity index (χ1) is 9.40. The molecule has 0 amide bonds. The lowest BCUT2D eigenvalue weighted by Gasteiger charge is -2.14. The van der Waals surface area contributed by atoms with E-state index in [4.69, 9.17) is 0 Å². The summed E-state index contributed by atoms with van der Waals surface area (Å²) in [6.07, 6.45) is 3.48. The van der Waals surface area contributed by atoms with Crippen LogP contribution in [0.1, 0.15) is 46.1 Å². The van der Waals surface area contributed by atoms with Gasteiger partial charge in [0.05, 0.1) is 6.20 Å². The van der Waals surface area contributed by atoms with Gasteiger partial charge in [-0.2, -0.15) is 5.10 Å². The van der Waals surface area contributed by atoms with Gasteiger partial charge < -0.3 is 5.32 Å². The maximum absolute atomic E-state index is 12.3. The van der Waals surface area contributed by atoms with E-state index in [1.54, 1.807) is 6.20 Å². The standard InChI is InChI=1S/C13H26N4O2S/c1-5-11(6-2)7-16-20(18,19)13-12(9-15-17-13)8-14-10(3)4/h9-11,14,16H,5-8H2,1-4H3,(H,15,17). The first-order valence-electron chi connectivity index (χ1n) is 7.16. The van der Waals surface area contributed by atoms with Crippen molar-refractivity contribution in [2.24, 2.45) is 5.92 Å². The fourth-order valence-electron chi connectivity index (χ4n) is 1.85. The molecule has 0 bridgehead atoms. The van der Waals surface area contributed by atoms with Crippen LogP contribution in [0.4, 0.5) is 0 Å². The van der Waals surface area contributed by atoms with Crippen molar-refractivity contribution in [3.8, 4) is 0 Å². The quantitative estimate of drug-likeness (QED) is 0.647. The number of H-pyrrole nitrogens is 1. The Morgan fingerprint density at radius 1 is 1.30 bits per heavy atom. The summed E-state index contributed by atoms with van der Waals surface area (Å²) in [6.45, 7) is 9.10. The minimum atomic E-state index is -3.52. The molecule has 0 atom stereocenters. The lowest BCUT2D eigenvalue weighted by molar-refractivity contribution is 0.477. The summed E-state index contributed by atoms with van der Waals surface area (Å²) < 4.78 is 27.2. The summed E-state index contributed by atoms with van der Waals surface area (Å²) in [7, 11) is -3.52. The number of nitrogens with one attached hydrogen (secondary N) is 3. The van der Waals surface area contributed by atoms with Crippen LogP contribution in [0.25, 0.3) is 0 Å². The van der Waals surface area contributed by atoms with E-state index < -0.39 is 10.0 Å². The van der Waals surface area contributed by atoms with Crippen LogP contribution in [0.5, 0.6) is 0 Å². The largest absolute Gasteiger partial charge is 0.310 e. The molecule has 1 rings (SSSR count). The minimum absolute atomic E-state index is 0.164. The number of aromatic amines is 1. The lowest BCUT2D eigenvalue weighted by atomic mass is 10.0. The van der Waals surface area contributed by atoms with Gasteiger partial charge in [0.15, 0.2) is 5.03 Å². The van der Waals surface area contributed by atoms with Gasteiger partial charge in [0.1, 0.15) is 0 Å². The van der Waals surface area contributed by atoms with Gasteiger partial charge in [-0.3, -0.25) is 5.10 Å². The van der Waals surface area contributed by atoms with Gasteiger partial charge >= 0.3 is 0 Å². The van der Waals surface area contributed by atoms with Gasteiger partial charge in [0, 0.05) is 24.7 Å². The second-order valence-electron chi connectivity index (χ2n) is 5.29. The topological polar surface area (TPSA) is 86.9 Å². The fourth-order valence-corrected chi connectivity index (χ4v) is 3.09. The predicted octanol–water partition coefficient (Wildman–Crippen LogP) is 1.62. The molecule has 0 aliphatic heterocycles. The molecule has 1 aromatic heterocycles. The van der Waals surface area contributed by atoms with Crippen LogP contribution >= 0.6 is 0 Å². The molecule has 0 aliphatic rings. The Morgan fingerprint density at radius 3 is 2.50 bits per heavy atom. The fraction of sp³-hybridized carbons (Fsp3) is 0.769. The van der Waals surface area contributed by atoms with Crippen molar-refractivity contribution in [2.45, 2.75) is 58.1 Å². The molecule has 116 valence electrons. The Morgan fingerprint density at radius 2 is 1.95 bits per heavy atom. The zero-order chi connectivity index (χ0) is 15.2. The second kappa shape index (κ2) is 7.75. The summed E-state index contributed by atoms with van der Waals surface area (Å²) in [4.78, 5) is 0. The third-order valence-electron chi connectivity index (χ3n) is 3.36. The zero-order valence-corrected chi connectivity index (χ0v) is 13.5. The van der Waals surface area contributed by atoms with Crippen molar-refractivity contribution in [2.75, 3.05) is 6.54 Å². The van der Waals surface area contributed by atoms with Gasteiger partial charge in [-0.05, 0) is 5.92 Å². The van der Waals surface area contributed by atoms with Gasteiger partial charge in [-0.25, -0.2) is 13.1 Å². The monoisotopic (exact) mass is 302 g/mol. The molecule has 0 radical (unpaired) electrons. The first-order valence-corrected chi connectivity index (χ1v) is 8.64. The van der Waals surface area contributed by atoms with Crippen LogP contribution in [-0.2, 0) is 16.6 Å². The van der Waals surface area contributed by atoms with E-state index in [2.05, 4.69) is 34.1 Å². The van der Waals surface area contributed by atoms with Gasteiger partial charge in [0.2, 0.25) is 0 Å². The van der Waals surface area contributed by atoms with Crippen molar-refractivity contribution in [1.29, 1.82) is 0 Å². The highest BCUT2D eigenvalue weighted by molar-refractivity contribution is 7.89. The molecule has 0 aromatic carbocycles. The smallest absolute Gasteiger partial charge is 0.257 e. The number of sulfonamides is 1. The predicted molar refractivity (Wildman–Crippen MR) is 79.8 cm³/mol. The molecule has 0 saturated heterocycles. The van der Waals surface area contributed by atoms with Gasteiger partial charge in [-0.15, -0.1) is 0 Å². The highest BCUT2D eigenvalue weighted by Crippen LogP contribution is 2.13. The molecule has 1 heterocycles. The highest BCUT2D eigenvalue weighted by Gasteiger charge is 2.21. The van der Waals surface area contributed by atoms with Gasteiger partial charge in [0.25, 0.3) is 10.0 Å². The lowest BCUT2D eigenvalue weighted by Crippen LogP contribution is -2.31. The summed E-state index contributed by atoms with van der Waals surface area (Å²) in [5.74, 6) is 0.366. The Labute approximate surface area is 121 Å². The molecule has 0 fully saturated rings. The van der Waals surface area contributed by atoms with Crippen LogP contribution in [0.15, 0.2) is 11.2 Å². The molecule has 6 nitrogen and oxygen atoms in total. The van der Waals surface area contributed by atoms with E-state index in [9.17, 15) is 8.42 Å². The van der Waals surface area contributed by atoms with Crippen molar-refractivity contribution >= 4 is 10.0 Å². The summed E-state index contributed by atoms with van der Waals surface area (Å²) in [5.41, 5.74) is 0.663. The maximum atomic E-state index is 12.3. The van der Waals surface area contributed by atoms with Crippen molar-refractivity contribution < 1.29 is 8.42 Å². The second-order valence-corrected chi connectivity index (χ2v) is 7.00. The van der Waals surface area contributed by atoms with Gasteiger partial charge in [-0.1, -0.05) is 40.5 Å². The van der Waals surface area contributed by atoms with Crippen LogP contribution < -0.4 is 10.0 Å². The van der Waals surface area contributed by atoms with E-state index in [1.165, 1.54) is 0 Å². The van der Waals surface area contributed by atoms with E-state index in [0.717, 1.165) is 12.8 Å². The van der Waals surface area contributed by atoms with E-state index in [1.807, 2.05) is 13.8 Å². The van der Waals surface area contributed by atoms with Crippen LogP contribution in [0, 0.1) is 5.92 Å². The average molecular weight is 302 g/mol. The summed E-state index contributed by atoms with van der Waals surface area (Å²) in [5, 5.41) is 9.80. The number of aromatic nitrogens is 2.